The molecule has 0 atom stereocenters. The van der Waals surface area contributed by atoms with E-state index in [-0.39, 0.29) is 19.5 Å². The Bertz CT molecular complexity index is 1160. The molecule has 19 heteroatoms. The predicted octanol–water partition coefficient (Wildman–Crippen LogP) is 15.6. The predicted molar refractivity (Wildman–Crippen MR) is 290 cm³/mol. The van der Waals surface area contributed by atoms with Gasteiger partial charge >= 0.3 is 19.5 Å². The van der Waals surface area contributed by atoms with Gasteiger partial charge in [0.2, 0.25) is 0 Å². The Kier molecular flexibility index (Phi) is 35.1. The minimum atomic E-state index is 0. The average Bonchev–Trinajstić information content (AvgIpc) is 3.95. The molecule has 0 aromatic heterocycles. The number of nitrogens with zero attached hydrogens (tertiary/aromatic N) is 2. The van der Waals surface area contributed by atoms with E-state index in [4.69, 9.17) is 50.5 Å². The summed E-state index contributed by atoms with van der Waals surface area (Å²) in [6.07, 6.45) is 0. The van der Waals surface area contributed by atoms with Gasteiger partial charge in [-0.25, -0.2) is 0 Å². The molecular weight excluding hydrogens is 1040 g/mol. The van der Waals surface area contributed by atoms with E-state index in [1.54, 1.807) is 47.0 Å². The molecule has 0 spiro atoms. The van der Waals surface area contributed by atoms with E-state index < -0.39 is 0 Å². The molecule has 0 aromatic rings. The molecule has 0 saturated heterocycles. The zero-order valence-electron chi connectivity index (χ0n) is 34.6. The van der Waals surface area contributed by atoms with Gasteiger partial charge in [-0.3, -0.25) is 0 Å². The third kappa shape index (κ3) is 19.8. The number of thioether (sulfide) groups is 12. The van der Waals surface area contributed by atoms with E-state index >= 15 is 0 Å². The van der Waals surface area contributed by atoms with Crippen LogP contribution < -0.4 is 0 Å². The summed E-state index contributed by atoms with van der Waals surface area (Å²) in [4.78, 5) is 0. The second kappa shape index (κ2) is 32.7. The molecule has 0 aromatic carbocycles. The van der Waals surface area contributed by atoms with Gasteiger partial charge in [0, 0.05) is 0 Å². The summed E-state index contributed by atoms with van der Waals surface area (Å²) in [5, 5.41) is 0. The second-order valence-corrected chi connectivity index (χ2v) is 29.2. The van der Waals surface area contributed by atoms with Gasteiger partial charge in [-0.15, -0.1) is 111 Å². The van der Waals surface area contributed by atoms with Crippen LogP contribution in [0.4, 0.5) is 0 Å². The SMILES string of the molecule is CCSC1=C(SCC)SC(=C2SC([S-])=C([S-])S2)S1.CCSC1=C(SCC)SC(=C2SC([S-])=C([S-])S2)S1.CC[N+](CC)(CC)CC.CC[N+](CC)(CC)CC.[Zn+2]. The molecule has 55 heavy (non-hydrogen) atoms. The van der Waals surface area contributed by atoms with Crippen molar-refractivity contribution in [3.63, 3.8) is 0 Å². The summed E-state index contributed by atoms with van der Waals surface area (Å²) in [7, 11) is 0. The Morgan fingerprint density at radius 3 is 0.618 bits per heavy atom. The molecule has 0 saturated carbocycles. The fourth-order valence-electron chi connectivity index (χ4n) is 4.98. The maximum absolute atomic E-state index is 5.24. The van der Waals surface area contributed by atoms with Gasteiger partial charge in [0.15, 0.2) is 0 Å². The van der Waals surface area contributed by atoms with E-state index in [0.29, 0.717) is 0 Å². The van der Waals surface area contributed by atoms with Crippen molar-refractivity contribution in [1.82, 2.24) is 0 Å². The van der Waals surface area contributed by atoms with Crippen LogP contribution in [0.1, 0.15) is 83.1 Å². The molecule has 0 amide bonds. The number of hydrogen-bond acceptors (Lipinski definition) is 16. The van der Waals surface area contributed by atoms with Crippen LogP contribution >= 0.6 is 141 Å². The summed E-state index contributed by atoms with van der Waals surface area (Å²) in [6.45, 7) is 37.2. The minimum absolute atomic E-state index is 0. The van der Waals surface area contributed by atoms with E-state index in [0.717, 1.165) is 40.0 Å². The van der Waals surface area contributed by atoms with Crippen LogP contribution in [0.5, 0.6) is 0 Å². The quantitative estimate of drug-likeness (QED) is 0.0817. The number of hydrogen-bond donors (Lipinski definition) is 0. The third-order valence-corrected chi connectivity index (χ3v) is 27.5. The molecule has 4 aliphatic heterocycles. The van der Waals surface area contributed by atoms with Crippen molar-refractivity contribution in [2.75, 3.05) is 75.4 Å². The van der Waals surface area contributed by atoms with Crippen LogP contribution in [0.15, 0.2) is 50.8 Å². The van der Waals surface area contributed by atoms with Crippen LogP contribution in [0.3, 0.4) is 0 Å². The zero-order valence-corrected chi connectivity index (χ0v) is 50.6. The summed E-state index contributed by atoms with van der Waals surface area (Å²) >= 11 is 42.9. The van der Waals surface area contributed by atoms with Crippen LogP contribution in [0.25, 0.3) is 0 Å². The van der Waals surface area contributed by atoms with Crippen LogP contribution in [-0.2, 0) is 70.0 Å². The maximum atomic E-state index is 5.24. The first-order valence-corrected chi connectivity index (χ1v) is 30.7. The first-order chi connectivity index (χ1) is 25.8. The summed E-state index contributed by atoms with van der Waals surface area (Å²) < 4.78 is 17.1. The summed E-state index contributed by atoms with van der Waals surface area (Å²) in [6, 6.07) is 0. The first-order valence-electron chi connectivity index (χ1n) is 18.6. The molecule has 4 rings (SSSR count). The van der Waals surface area contributed by atoms with Crippen molar-refractivity contribution in [3.05, 3.63) is 50.8 Å². The second-order valence-electron chi connectivity index (χ2n) is 11.2. The number of quaternary nitrogens is 2. The van der Waals surface area contributed by atoms with Gasteiger partial charge < -0.3 is 59.5 Å². The molecule has 2 nitrogen and oxygen atoms in total. The fourth-order valence-corrected chi connectivity index (χ4v) is 22.9. The summed E-state index contributed by atoms with van der Waals surface area (Å²) in [5.74, 6) is 4.49. The standard InChI is InChI=1S/2C10H12S8.2C8H20N.Zn/c2*1-3-13-7-8(14-4-2)18-10(17-7)9-15-5(11)6(12)16-9;2*1-5-9(6-2,7-3)8-4;/h2*11-12H,3-4H2,1-2H3;2*5-8H2,1-4H3;/q;;2*+1;+2/p-4. The number of rotatable bonds is 16. The maximum Gasteiger partial charge on any atom is 2.00 e. The van der Waals surface area contributed by atoms with Gasteiger partial charge in [-0.2, -0.15) is 0 Å². The largest absolute Gasteiger partial charge is 2.00 e. The van der Waals surface area contributed by atoms with Crippen LogP contribution in [0, 0.1) is 0 Å². The molecule has 0 radical (unpaired) electrons. The third-order valence-electron chi connectivity index (χ3n) is 8.95. The fraction of sp³-hybridized carbons (Fsp3) is 0.667. The Morgan fingerprint density at radius 2 is 0.491 bits per heavy atom. The van der Waals surface area contributed by atoms with E-state index in [1.807, 2.05) is 94.1 Å². The molecular formula is C36H60N2S16Zn. The van der Waals surface area contributed by atoms with Crippen molar-refractivity contribution >= 4 is 192 Å². The van der Waals surface area contributed by atoms with E-state index in [9.17, 15) is 0 Å². The van der Waals surface area contributed by atoms with Gasteiger partial charge in [-0.1, -0.05) is 74.7 Å². The van der Waals surface area contributed by atoms with E-state index in [1.165, 1.54) is 95.2 Å². The summed E-state index contributed by atoms with van der Waals surface area (Å²) in [5.41, 5.74) is 0. The molecule has 4 aliphatic rings. The molecule has 0 fully saturated rings. The van der Waals surface area contributed by atoms with Gasteiger partial charge in [-0.05, 0) is 78.4 Å². The monoisotopic (exact) mass is 1100 g/mol. The van der Waals surface area contributed by atoms with Crippen molar-refractivity contribution in [1.29, 1.82) is 0 Å². The van der Waals surface area contributed by atoms with E-state index in [2.05, 4.69) is 83.1 Å². The molecule has 0 bridgehead atoms. The zero-order chi connectivity index (χ0) is 40.9. The van der Waals surface area contributed by atoms with Gasteiger partial charge in [0.25, 0.3) is 0 Å². The molecule has 4 heterocycles. The Morgan fingerprint density at radius 1 is 0.327 bits per heavy atom. The molecule has 0 aliphatic carbocycles. The normalized spacial score (nSPS) is 17.4. The van der Waals surface area contributed by atoms with Crippen molar-refractivity contribution in [2.45, 2.75) is 83.1 Å². The molecule has 0 N–H and O–H groups in total. The Labute approximate surface area is 423 Å². The van der Waals surface area contributed by atoms with Crippen molar-refractivity contribution in [2.24, 2.45) is 0 Å². The average molecular weight is 1100 g/mol. The van der Waals surface area contributed by atoms with Crippen molar-refractivity contribution < 1.29 is 28.4 Å². The Hall–Kier alpha value is 4.06. The topological polar surface area (TPSA) is 0 Å². The molecule has 312 valence electrons. The van der Waals surface area contributed by atoms with Gasteiger partial charge in [0.05, 0.1) is 86.3 Å². The smallest absolute Gasteiger partial charge is 0.774 e. The molecule has 0 unspecified atom stereocenters. The Balaban J connectivity index is 0.000000742. The van der Waals surface area contributed by atoms with Gasteiger partial charge in [0.1, 0.15) is 0 Å². The first kappa shape index (κ1) is 59.1. The van der Waals surface area contributed by atoms with Crippen LogP contribution in [-0.4, -0.2) is 84.3 Å². The van der Waals surface area contributed by atoms with Crippen LogP contribution in [0.2, 0.25) is 0 Å². The minimum Gasteiger partial charge on any atom is -0.774 e. The van der Waals surface area contributed by atoms with Crippen molar-refractivity contribution in [3.8, 4) is 0 Å².